The number of thiophene rings is 1. The third kappa shape index (κ3) is 6.13. The van der Waals surface area contributed by atoms with E-state index in [1.807, 2.05) is 53.9 Å². The monoisotopic (exact) mass is 585 g/mol. The molecular weight excluding hydrogens is 551 g/mol. The predicted molar refractivity (Wildman–Crippen MR) is 153 cm³/mol. The molecule has 5 rings (SSSR count). The lowest BCUT2D eigenvalue weighted by Gasteiger charge is -2.33. The van der Waals surface area contributed by atoms with Crippen LogP contribution in [0.4, 0.5) is 13.2 Å². The number of hydrogen-bond acceptors (Lipinski definition) is 5. The lowest BCUT2D eigenvalue weighted by atomic mass is 9.73. The van der Waals surface area contributed by atoms with Crippen molar-refractivity contribution in [2.45, 2.75) is 49.7 Å². The normalized spacial score (nSPS) is 16.6. The van der Waals surface area contributed by atoms with Gasteiger partial charge >= 0.3 is 6.18 Å². The molecule has 0 saturated carbocycles. The minimum Gasteiger partial charge on any atom is -0.495 e. The Labute approximate surface area is 241 Å². The maximum absolute atomic E-state index is 13.6. The molecule has 0 atom stereocenters. The fraction of sp³-hybridized carbons (Fsp3) is 0.419. The van der Waals surface area contributed by atoms with E-state index in [2.05, 4.69) is 15.5 Å². The Hall–Kier alpha value is -3.37. The second-order valence-corrected chi connectivity index (χ2v) is 11.4. The van der Waals surface area contributed by atoms with E-state index in [1.54, 1.807) is 12.5 Å². The molecule has 2 aromatic carbocycles. The minimum absolute atomic E-state index is 0.0930. The van der Waals surface area contributed by atoms with Crippen LogP contribution in [0.25, 0.3) is 11.1 Å². The SMILES string of the molecule is COc1cscc1C(=O)NC1CCN(CCCCC2(C(=O)NCC(F)(F)F)c3ccccc3-c3ccccc32)CC1. The van der Waals surface area contributed by atoms with Crippen LogP contribution < -0.4 is 15.4 Å². The maximum Gasteiger partial charge on any atom is 0.405 e. The van der Waals surface area contributed by atoms with E-state index in [0.717, 1.165) is 61.2 Å². The van der Waals surface area contributed by atoms with Crippen LogP contribution in [0.3, 0.4) is 0 Å². The highest BCUT2D eigenvalue weighted by atomic mass is 32.1. The first-order valence-electron chi connectivity index (χ1n) is 13.9. The van der Waals surface area contributed by atoms with Gasteiger partial charge in [-0.15, -0.1) is 11.3 Å². The van der Waals surface area contributed by atoms with Gasteiger partial charge in [-0.3, -0.25) is 9.59 Å². The third-order valence-electron chi connectivity index (χ3n) is 8.19. The highest BCUT2D eigenvalue weighted by Crippen LogP contribution is 2.51. The molecule has 0 bridgehead atoms. The molecule has 1 fully saturated rings. The highest BCUT2D eigenvalue weighted by Gasteiger charge is 2.49. The van der Waals surface area contributed by atoms with Crippen molar-refractivity contribution in [2.24, 2.45) is 0 Å². The number of alkyl halides is 3. The van der Waals surface area contributed by atoms with Crippen molar-refractivity contribution in [2.75, 3.05) is 33.3 Å². The summed E-state index contributed by atoms with van der Waals surface area (Å²) in [7, 11) is 1.55. The van der Waals surface area contributed by atoms with Gasteiger partial charge in [-0.25, -0.2) is 0 Å². The number of fused-ring (bicyclic) bond motifs is 3. The summed E-state index contributed by atoms with van der Waals surface area (Å²) in [5.41, 5.74) is 2.71. The van der Waals surface area contributed by atoms with Crippen LogP contribution in [0.2, 0.25) is 0 Å². The summed E-state index contributed by atoms with van der Waals surface area (Å²) in [4.78, 5) is 28.6. The number of carbonyl (C=O) groups is 2. The molecule has 41 heavy (non-hydrogen) atoms. The van der Waals surface area contributed by atoms with Crippen LogP contribution in [0.15, 0.2) is 59.3 Å². The van der Waals surface area contributed by atoms with Gasteiger partial charge < -0.3 is 20.3 Å². The highest BCUT2D eigenvalue weighted by molar-refractivity contribution is 7.08. The molecule has 218 valence electrons. The summed E-state index contributed by atoms with van der Waals surface area (Å²) in [5.74, 6) is -0.138. The molecule has 0 radical (unpaired) electrons. The molecule has 1 aromatic heterocycles. The molecule has 0 unspecified atom stereocenters. The number of halogens is 3. The fourth-order valence-corrected chi connectivity index (χ4v) is 6.96. The minimum atomic E-state index is -4.49. The van der Waals surface area contributed by atoms with Crippen LogP contribution >= 0.6 is 11.3 Å². The van der Waals surface area contributed by atoms with Crippen molar-refractivity contribution in [3.8, 4) is 16.9 Å². The van der Waals surface area contributed by atoms with Crippen LogP contribution in [-0.2, 0) is 10.2 Å². The Balaban J connectivity index is 1.20. The van der Waals surface area contributed by atoms with Gasteiger partial charge in [-0.2, -0.15) is 13.2 Å². The molecule has 2 aliphatic rings. The van der Waals surface area contributed by atoms with E-state index in [0.29, 0.717) is 24.2 Å². The van der Waals surface area contributed by atoms with Crippen LogP contribution in [-0.4, -0.2) is 62.2 Å². The molecule has 1 aliphatic carbocycles. The lowest BCUT2D eigenvalue weighted by molar-refractivity contribution is -0.141. The summed E-state index contributed by atoms with van der Waals surface area (Å²) in [6, 6.07) is 15.2. The molecule has 6 nitrogen and oxygen atoms in total. The molecular formula is C31H34F3N3O3S. The van der Waals surface area contributed by atoms with Crippen molar-refractivity contribution in [1.82, 2.24) is 15.5 Å². The standard InChI is InChI=1S/C31H34F3N3O3S/c1-40-27-19-41-18-24(27)28(38)36-21-12-16-37(17-13-21)15-7-6-14-30(29(39)35-20-31(32,33)34)25-10-4-2-8-22(25)23-9-3-5-11-26(23)30/h2-5,8-11,18-19,21H,6-7,12-17,20H2,1H3,(H,35,39)(H,36,38). The van der Waals surface area contributed by atoms with E-state index in [-0.39, 0.29) is 11.9 Å². The predicted octanol–water partition coefficient (Wildman–Crippen LogP) is 5.77. The van der Waals surface area contributed by atoms with Crippen molar-refractivity contribution < 1.29 is 27.5 Å². The van der Waals surface area contributed by atoms with E-state index in [9.17, 15) is 22.8 Å². The van der Waals surface area contributed by atoms with Crippen LogP contribution in [0.5, 0.6) is 5.75 Å². The quantitative estimate of drug-likeness (QED) is 0.297. The van der Waals surface area contributed by atoms with Crippen molar-refractivity contribution in [3.05, 3.63) is 76.0 Å². The van der Waals surface area contributed by atoms with E-state index < -0.39 is 24.0 Å². The largest absolute Gasteiger partial charge is 0.495 e. The number of nitrogens with one attached hydrogen (secondary N) is 2. The summed E-state index contributed by atoms with van der Waals surface area (Å²) in [6.07, 6.45) is -0.917. The fourth-order valence-electron chi connectivity index (χ4n) is 6.18. The maximum atomic E-state index is 13.6. The third-order valence-corrected chi connectivity index (χ3v) is 8.91. The van der Waals surface area contributed by atoms with Gasteiger partial charge in [0.1, 0.15) is 17.7 Å². The zero-order chi connectivity index (χ0) is 29.0. The van der Waals surface area contributed by atoms with Crippen LogP contribution in [0.1, 0.15) is 53.6 Å². The topological polar surface area (TPSA) is 70.7 Å². The first-order valence-corrected chi connectivity index (χ1v) is 14.8. The molecule has 2 amide bonds. The number of hydrogen-bond donors (Lipinski definition) is 2. The molecule has 10 heteroatoms. The Morgan fingerprint density at radius 3 is 2.24 bits per heavy atom. The second-order valence-electron chi connectivity index (χ2n) is 10.7. The summed E-state index contributed by atoms with van der Waals surface area (Å²) in [6.45, 7) is 1.15. The summed E-state index contributed by atoms with van der Waals surface area (Å²) in [5, 5.41) is 8.92. The van der Waals surface area contributed by atoms with Gasteiger partial charge in [-0.1, -0.05) is 55.0 Å². The van der Waals surface area contributed by atoms with Gasteiger partial charge in [0, 0.05) is 29.9 Å². The second kappa shape index (κ2) is 12.2. The first kappa shape index (κ1) is 29.1. The van der Waals surface area contributed by atoms with Crippen LogP contribution in [0, 0.1) is 0 Å². The number of methoxy groups -OCH3 is 1. The number of nitrogens with zero attached hydrogens (tertiary/aromatic N) is 1. The zero-order valence-electron chi connectivity index (χ0n) is 22.9. The summed E-state index contributed by atoms with van der Waals surface area (Å²) < 4.78 is 44.5. The first-order chi connectivity index (χ1) is 19.7. The number of carbonyl (C=O) groups excluding carboxylic acids is 2. The number of likely N-dealkylation sites (tertiary alicyclic amines) is 1. The van der Waals surface area contributed by atoms with Crippen molar-refractivity contribution in [3.63, 3.8) is 0 Å². The van der Waals surface area contributed by atoms with E-state index >= 15 is 0 Å². The molecule has 3 aromatic rings. The Morgan fingerprint density at radius 1 is 1.00 bits per heavy atom. The molecule has 1 saturated heterocycles. The van der Waals surface area contributed by atoms with E-state index in [4.69, 9.17) is 4.74 Å². The average Bonchev–Trinajstić information content (AvgIpc) is 3.56. The van der Waals surface area contributed by atoms with Gasteiger partial charge in [0.05, 0.1) is 12.7 Å². The zero-order valence-corrected chi connectivity index (χ0v) is 23.7. The van der Waals surface area contributed by atoms with Crippen molar-refractivity contribution in [1.29, 1.82) is 0 Å². The van der Waals surface area contributed by atoms with Gasteiger partial charge in [0.2, 0.25) is 5.91 Å². The number of ether oxygens (including phenoxy) is 1. The molecule has 2 heterocycles. The average molecular weight is 586 g/mol. The summed E-state index contributed by atoms with van der Waals surface area (Å²) >= 11 is 1.43. The van der Waals surface area contributed by atoms with Gasteiger partial charge in [-0.05, 0) is 54.5 Å². The Bertz CT molecular complexity index is 1340. The smallest absolute Gasteiger partial charge is 0.405 e. The van der Waals surface area contributed by atoms with Gasteiger partial charge in [0.15, 0.2) is 0 Å². The lowest BCUT2D eigenvalue weighted by Crippen LogP contribution is -2.47. The number of amides is 2. The van der Waals surface area contributed by atoms with Crippen molar-refractivity contribution >= 4 is 23.2 Å². The number of unbranched alkanes of at least 4 members (excludes halogenated alkanes) is 1. The number of benzene rings is 2. The molecule has 2 N–H and O–H groups in total. The Kier molecular flexibility index (Phi) is 8.70. The van der Waals surface area contributed by atoms with Gasteiger partial charge in [0.25, 0.3) is 5.91 Å². The Morgan fingerprint density at radius 2 is 1.63 bits per heavy atom. The molecule has 0 spiro atoms. The van der Waals surface area contributed by atoms with E-state index in [1.165, 1.54) is 11.3 Å². The molecule has 1 aliphatic heterocycles. The number of rotatable bonds is 10. The number of piperidine rings is 1.